The molecule has 1 heterocycles. The highest BCUT2D eigenvalue weighted by atomic mass is 32.2. The Morgan fingerprint density at radius 1 is 1.00 bits per heavy atom. The number of methoxy groups -OCH3 is 3. The van der Waals surface area contributed by atoms with Crippen molar-refractivity contribution in [1.29, 1.82) is 0 Å². The van der Waals surface area contributed by atoms with Gasteiger partial charge >= 0.3 is 0 Å². The van der Waals surface area contributed by atoms with E-state index in [0.717, 1.165) is 41.2 Å². The van der Waals surface area contributed by atoms with E-state index < -0.39 is 10.0 Å². The fourth-order valence-electron chi connectivity index (χ4n) is 3.39. The van der Waals surface area contributed by atoms with Crippen LogP contribution >= 0.6 is 0 Å². The Morgan fingerprint density at radius 3 is 2.37 bits per heavy atom. The van der Waals surface area contributed by atoms with Gasteiger partial charge in [-0.3, -0.25) is 4.90 Å². The Labute approximate surface area is 159 Å². The molecule has 0 atom stereocenters. The molecule has 1 aliphatic heterocycles. The van der Waals surface area contributed by atoms with Crippen LogP contribution in [-0.4, -0.2) is 41.2 Å². The van der Waals surface area contributed by atoms with Crippen LogP contribution in [0.3, 0.4) is 0 Å². The summed E-state index contributed by atoms with van der Waals surface area (Å²) < 4.78 is 39.6. The molecule has 2 aromatic carbocycles. The number of sulfonamides is 1. The first kappa shape index (κ1) is 19.5. The molecule has 8 heteroatoms. The third-order valence-corrected chi connectivity index (χ3v) is 5.70. The molecule has 0 fully saturated rings. The summed E-state index contributed by atoms with van der Waals surface area (Å²) in [4.78, 5) is 2.31. The van der Waals surface area contributed by atoms with E-state index in [4.69, 9.17) is 19.3 Å². The lowest BCUT2D eigenvalue weighted by atomic mass is 9.98. The van der Waals surface area contributed by atoms with Crippen molar-refractivity contribution >= 4 is 10.0 Å². The SMILES string of the molecule is COc1ccc(OC)c(CN2CCc3cc(S(N)(=O)=O)c(OC)cc3C2)c1. The van der Waals surface area contributed by atoms with Crippen LogP contribution in [-0.2, 0) is 29.5 Å². The molecule has 146 valence electrons. The number of ether oxygens (including phenoxy) is 3. The van der Waals surface area contributed by atoms with E-state index in [1.54, 1.807) is 26.4 Å². The van der Waals surface area contributed by atoms with Crippen LogP contribution in [0.1, 0.15) is 16.7 Å². The molecule has 27 heavy (non-hydrogen) atoms. The van der Waals surface area contributed by atoms with E-state index in [1.807, 2.05) is 18.2 Å². The molecule has 0 saturated carbocycles. The van der Waals surface area contributed by atoms with Gasteiger partial charge in [-0.25, -0.2) is 13.6 Å². The maximum Gasteiger partial charge on any atom is 0.241 e. The van der Waals surface area contributed by atoms with Crippen molar-refractivity contribution in [2.75, 3.05) is 27.9 Å². The zero-order chi connectivity index (χ0) is 19.6. The molecule has 0 radical (unpaired) electrons. The maximum atomic E-state index is 11.8. The second-order valence-electron chi connectivity index (χ2n) is 6.46. The number of primary sulfonamides is 1. The van der Waals surface area contributed by atoms with Crippen LogP contribution < -0.4 is 19.3 Å². The first-order chi connectivity index (χ1) is 12.9. The predicted molar refractivity (Wildman–Crippen MR) is 102 cm³/mol. The van der Waals surface area contributed by atoms with Gasteiger partial charge in [-0.2, -0.15) is 0 Å². The lowest BCUT2D eigenvalue weighted by Crippen LogP contribution is -2.30. The van der Waals surface area contributed by atoms with E-state index in [1.165, 1.54) is 7.11 Å². The molecule has 3 rings (SSSR count). The molecule has 0 aliphatic carbocycles. The highest BCUT2D eigenvalue weighted by Gasteiger charge is 2.23. The standard InChI is InChI=1S/C19H24N2O5S/c1-24-16-4-5-17(25-2)15(8-16)12-21-7-6-13-10-19(27(20,22)23)18(26-3)9-14(13)11-21/h4-5,8-10H,6-7,11-12H2,1-3H3,(H2,20,22,23). The van der Waals surface area contributed by atoms with Gasteiger partial charge in [0.25, 0.3) is 0 Å². The van der Waals surface area contributed by atoms with E-state index in [9.17, 15) is 8.42 Å². The second-order valence-corrected chi connectivity index (χ2v) is 7.99. The molecule has 2 N–H and O–H groups in total. The first-order valence-electron chi connectivity index (χ1n) is 8.51. The van der Waals surface area contributed by atoms with E-state index >= 15 is 0 Å². The van der Waals surface area contributed by atoms with Crippen molar-refractivity contribution in [3.05, 3.63) is 47.0 Å². The van der Waals surface area contributed by atoms with Gasteiger partial charge < -0.3 is 14.2 Å². The van der Waals surface area contributed by atoms with Crippen molar-refractivity contribution in [2.24, 2.45) is 5.14 Å². The molecular weight excluding hydrogens is 368 g/mol. The molecule has 7 nitrogen and oxygen atoms in total. The highest BCUT2D eigenvalue weighted by molar-refractivity contribution is 7.89. The summed E-state index contributed by atoms with van der Waals surface area (Å²) in [5.41, 5.74) is 3.05. The Bertz CT molecular complexity index is 943. The lowest BCUT2D eigenvalue weighted by Gasteiger charge is -2.30. The number of hydrogen-bond donors (Lipinski definition) is 1. The topological polar surface area (TPSA) is 91.1 Å². The van der Waals surface area contributed by atoms with E-state index in [0.29, 0.717) is 13.1 Å². The van der Waals surface area contributed by atoms with Gasteiger partial charge in [0.1, 0.15) is 22.1 Å². The Hall–Kier alpha value is -2.29. The van der Waals surface area contributed by atoms with Gasteiger partial charge in [0, 0.05) is 25.2 Å². The third-order valence-electron chi connectivity index (χ3n) is 4.77. The number of nitrogens with two attached hydrogens (primary N) is 1. The van der Waals surface area contributed by atoms with Gasteiger partial charge in [0.05, 0.1) is 21.3 Å². The van der Waals surface area contributed by atoms with Gasteiger partial charge in [-0.1, -0.05) is 0 Å². The van der Waals surface area contributed by atoms with Gasteiger partial charge in [0.15, 0.2) is 0 Å². The van der Waals surface area contributed by atoms with Crippen molar-refractivity contribution in [3.63, 3.8) is 0 Å². The molecule has 0 unspecified atom stereocenters. The van der Waals surface area contributed by atoms with Crippen LogP contribution in [0.15, 0.2) is 35.2 Å². The number of hydrogen-bond acceptors (Lipinski definition) is 6. The number of benzene rings is 2. The molecule has 0 saturated heterocycles. The monoisotopic (exact) mass is 392 g/mol. The summed E-state index contributed by atoms with van der Waals surface area (Å²) in [5, 5.41) is 5.31. The minimum Gasteiger partial charge on any atom is -0.497 e. The largest absolute Gasteiger partial charge is 0.497 e. The van der Waals surface area contributed by atoms with Crippen molar-refractivity contribution in [3.8, 4) is 17.2 Å². The summed E-state index contributed by atoms with van der Waals surface area (Å²) >= 11 is 0. The van der Waals surface area contributed by atoms with Gasteiger partial charge in [0.2, 0.25) is 10.0 Å². The molecule has 0 spiro atoms. The molecular formula is C19H24N2O5S. The summed E-state index contributed by atoms with van der Waals surface area (Å²) in [6.45, 7) is 2.17. The summed E-state index contributed by atoms with van der Waals surface area (Å²) in [5.74, 6) is 1.86. The second kappa shape index (κ2) is 7.75. The zero-order valence-electron chi connectivity index (χ0n) is 15.7. The average molecular weight is 392 g/mol. The van der Waals surface area contributed by atoms with Crippen LogP contribution in [0.2, 0.25) is 0 Å². The summed E-state index contributed by atoms with van der Waals surface area (Å²) in [7, 11) is 0.902. The Balaban J connectivity index is 1.87. The molecule has 2 aromatic rings. The van der Waals surface area contributed by atoms with Crippen molar-refractivity contribution in [2.45, 2.75) is 24.4 Å². The quantitative estimate of drug-likeness (QED) is 0.808. The summed E-state index contributed by atoms with van der Waals surface area (Å²) in [6.07, 6.45) is 0.730. The average Bonchev–Trinajstić information content (AvgIpc) is 2.66. The molecule has 0 aromatic heterocycles. The molecule has 1 aliphatic rings. The van der Waals surface area contributed by atoms with E-state index in [2.05, 4.69) is 4.90 Å². The summed E-state index contributed by atoms with van der Waals surface area (Å²) in [6, 6.07) is 9.14. The van der Waals surface area contributed by atoms with Gasteiger partial charge in [-0.15, -0.1) is 0 Å². The minimum atomic E-state index is -3.83. The normalized spacial score (nSPS) is 14.5. The Morgan fingerprint density at radius 2 is 1.74 bits per heavy atom. The van der Waals surface area contributed by atoms with Crippen LogP contribution in [0, 0.1) is 0 Å². The highest BCUT2D eigenvalue weighted by Crippen LogP contribution is 2.32. The number of rotatable bonds is 6. The zero-order valence-corrected chi connectivity index (χ0v) is 16.5. The fraction of sp³-hybridized carbons (Fsp3) is 0.368. The van der Waals surface area contributed by atoms with E-state index in [-0.39, 0.29) is 10.6 Å². The van der Waals surface area contributed by atoms with Crippen LogP contribution in [0.25, 0.3) is 0 Å². The number of nitrogens with zero attached hydrogens (tertiary/aromatic N) is 1. The van der Waals surface area contributed by atoms with Crippen LogP contribution in [0.5, 0.6) is 17.2 Å². The third kappa shape index (κ3) is 4.18. The van der Waals surface area contributed by atoms with Crippen molar-refractivity contribution in [1.82, 2.24) is 4.90 Å². The lowest BCUT2D eigenvalue weighted by molar-refractivity contribution is 0.240. The minimum absolute atomic E-state index is 0.0339. The van der Waals surface area contributed by atoms with Gasteiger partial charge in [-0.05, 0) is 47.9 Å². The Kier molecular flexibility index (Phi) is 5.59. The smallest absolute Gasteiger partial charge is 0.241 e. The van der Waals surface area contributed by atoms with Crippen LogP contribution in [0.4, 0.5) is 0 Å². The predicted octanol–water partition coefficient (Wildman–Crippen LogP) is 1.92. The van der Waals surface area contributed by atoms with Crippen molar-refractivity contribution < 1.29 is 22.6 Å². The molecule has 0 bridgehead atoms. The first-order valence-corrected chi connectivity index (χ1v) is 10.1. The molecule has 0 amide bonds. The number of fused-ring (bicyclic) bond motifs is 1. The maximum absolute atomic E-state index is 11.8. The fourth-order valence-corrected chi connectivity index (χ4v) is 4.11.